The van der Waals surface area contributed by atoms with E-state index in [0.717, 1.165) is 0 Å². The Morgan fingerprint density at radius 1 is 0.760 bits per heavy atom. The Morgan fingerprint density at radius 3 is 1.20 bits per heavy atom. The predicted molar refractivity (Wildman–Crippen MR) is 98.1 cm³/mol. The van der Waals surface area contributed by atoms with Crippen molar-refractivity contribution in [3.63, 3.8) is 0 Å². The summed E-state index contributed by atoms with van der Waals surface area (Å²) in [6.45, 7) is 16.0. The van der Waals surface area contributed by atoms with E-state index in [1.165, 1.54) is 11.1 Å². The lowest BCUT2D eigenvalue weighted by Crippen LogP contribution is -2.62. The molecule has 142 valence electrons. The van der Waals surface area contributed by atoms with Crippen molar-refractivity contribution in [2.24, 2.45) is 46.3 Å². The first-order valence-electron chi connectivity index (χ1n) is 9.60. The lowest BCUT2D eigenvalue weighted by molar-refractivity contribution is -0.189. The summed E-state index contributed by atoms with van der Waals surface area (Å²) in [5.74, 6) is -2.27. The van der Waals surface area contributed by atoms with Gasteiger partial charge in [0, 0.05) is 0 Å². The second-order valence-electron chi connectivity index (χ2n) is 9.22. The highest BCUT2D eigenvalue weighted by Gasteiger charge is 2.78. The molecular formula is C21H34O4. The average Bonchev–Trinajstić information content (AvgIpc) is 2.97. The minimum absolute atomic E-state index is 0.189. The van der Waals surface area contributed by atoms with Crippen LogP contribution in [0.3, 0.4) is 0 Å². The number of carboxylic acids is 2. The molecule has 1 fully saturated rings. The van der Waals surface area contributed by atoms with Crippen LogP contribution >= 0.6 is 0 Å². The van der Waals surface area contributed by atoms with Crippen molar-refractivity contribution in [2.45, 2.75) is 61.8 Å². The van der Waals surface area contributed by atoms with Crippen molar-refractivity contribution in [1.82, 2.24) is 0 Å². The SMILES string of the molecule is CC(C)C1=C(C(C)C)C2CC1C(C(=O)O)(C(C)C)C2(C(=O)O)C(C)C. The van der Waals surface area contributed by atoms with Crippen molar-refractivity contribution >= 4 is 11.9 Å². The maximum atomic E-state index is 12.7. The summed E-state index contributed by atoms with van der Waals surface area (Å²) < 4.78 is 0. The Bertz CT molecular complexity index is 561. The van der Waals surface area contributed by atoms with Crippen molar-refractivity contribution in [3.05, 3.63) is 11.1 Å². The average molecular weight is 350 g/mol. The normalized spacial score (nSPS) is 34.9. The molecule has 0 amide bonds. The molecule has 4 nitrogen and oxygen atoms in total. The largest absolute Gasteiger partial charge is 0.481 e. The molecule has 2 N–H and O–H groups in total. The summed E-state index contributed by atoms with van der Waals surface area (Å²) in [6.07, 6.45) is 0.663. The fraction of sp³-hybridized carbons (Fsp3) is 0.810. The molecule has 2 bridgehead atoms. The number of fused-ring (bicyclic) bond motifs is 2. The van der Waals surface area contributed by atoms with E-state index in [0.29, 0.717) is 6.42 Å². The zero-order valence-corrected chi connectivity index (χ0v) is 16.9. The highest BCUT2D eigenvalue weighted by Crippen LogP contribution is 2.74. The molecule has 0 aromatic rings. The van der Waals surface area contributed by atoms with E-state index in [-0.39, 0.29) is 35.5 Å². The van der Waals surface area contributed by atoms with E-state index in [2.05, 4.69) is 27.7 Å². The lowest BCUT2D eigenvalue weighted by atomic mass is 9.46. The molecule has 0 aliphatic heterocycles. The Labute approximate surface area is 151 Å². The van der Waals surface area contributed by atoms with Gasteiger partial charge in [-0.2, -0.15) is 0 Å². The number of carbonyl (C=O) groups is 2. The van der Waals surface area contributed by atoms with Gasteiger partial charge in [0.1, 0.15) is 0 Å². The highest BCUT2D eigenvalue weighted by molar-refractivity contribution is 5.90. The standard InChI is InChI=1S/C21H34O4/c1-10(2)16-14-9-15(17(16)11(3)4)21(13(7)8,19(24)25)20(14,12(5)6)18(22)23/h10-15H,9H2,1-8H3,(H,22,23)(H,24,25). The van der Waals surface area contributed by atoms with Crippen LogP contribution in [-0.4, -0.2) is 22.2 Å². The molecule has 0 radical (unpaired) electrons. The van der Waals surface area contributed by atoms with Gasteiger partial charge in [0.25, 0.3) is 0 Å². The van der Waals surface area contributed by atoms with Gasteiger partial charge in [0.15, 0.2) is 0 Å². The number of hydrogen-bond acceptors (Lipinski definition) is 2. The van der Waals surface area contributed by atoms with Crippen LogP contribution in [-0.2, 0) is 9.59 Å². The van der Waals surface area contributed by atoms with Gasteiger partial charge in [-0.25, -0.2) is 0 Å². The minimum atomic E-state index is -1.25. The van der Waals surface area contributed by atoms with Crippen LogP contribution in [0.2, 0.25) is 0 Å². The predicted octanol–water partition coefficient (Wildman–Crippen LogP) is 4.70. The molecule has 1 saturated carbocycles. The third kappa shape index (κ3) is 2.12. The van der Waals surface area contributed by atoms with Gasteiger partial charge in [-0.1, -0.05) is 66.5 Å². The third-order valence-corrected chi connectivity index (χ3v) is 7.11. The molecule has 2 aliphatic rings. The fourth-order valence-corrected chi connectivity index (χ4v) is 6.71. The third-order valence-electron chi connectivity index (χ3n) is 7.11. The van der Waals surface area contributed by atoms with Gasteiger partial charge < -0.3 is 10.2 Å². The molecule has 0 aromatic carbocycles. The zero-order chi connectivity index (χ0) is 19.5. The Morgan fingerprint density at radius 2 is 1.04 bits per heavy atom. The van der Waals surface area contributed by atoms with Crippen LogP contribution in [0.5, 0.6) is 0 Å². The van der Waals surface area contributed by atoms with E-state index in [1.807, 2.05) is 27.7 Å². The van der Waals surface area contributed by atoms with E-state index in [1.54, 1.807) is 0 Å². The first-order valence-corrected chi connectivity index (χ1v) is 9.60. The fourth-order valence-electron chi connectivity index (χ4n) is 6.71. The second-order valence-corrected chi connectivity index (χ2v) is 9.22. The highest BCUT2D eigenvalue weighted by atomic mass is 16.4. The van der Waals surface area contributed by atoms with Crippen LogP contribution in [0, 0.1) is 46.3 Å². The summed E-state index contributed by atoms with van der Waals surface area (Å²) in [7, 11) is 0. The maximum Gasteiger partial charge on any atom is 0.311 e. The van der Waals surface area contributed by atoms with Gasteiger partial charge in [-0.3, -0.25) is 9.59 Å². The lowest BCUT2D eigenvalue weighted by Gasteiger charge is -2.54. The number of rotatable bonds is 6. The summed E-state index contributed by atoms with van der Waals surface area (Å²) in [6, 6.07) is 0. The maximum absolute atomic E-state index is 12.7. The molecule has 4 unspecified atom stereocenters. The van der Waals surface area contributed by atoms with Gasteiger partial charge in [-0.05, 0) is 41.9 Å². The van der Waals surface area contributed by atoms with Crippen LogP contribution in [0.1, 0.15) is 61.8 Å². The molecular weight excluding hydrogens is 316 g/mol. The topological polar surface area (TPSA) is 74.6 Å². The quantitative estimate of drug-likeness (QED) is 0.681. The van der Waals surface area contributed by atoms with Crippen molar-refractivity contribution < 1.29 is 19.8 Å². The second kappa shape index (κ2) is 6.14. The van der Waals surface area contributed by atoms with Crippen molar-refractivity contribution in [2.75, 3.05) is 0 Å². The van der Waals surface area contributed by atoms with Crippen molar-refractivity contribution in [3.8, 4) is 0 Å². The number of carboxylic acid groups (broad SMARTS) is 2. The molecule has 2 rings (SSSR count). The first kappa shape index (κ1) is 20.0. The molecule has 25 heavy (non-hydrogen) atoms. The van der Waals surface area contributed by atoms with E-state index < -0.39 is 22.8 Å². The summed E-state index contributed by atoms with van der Waals surface area (Å²) >= 11 is 0. The molecule has 0 saturated heterocycles. The van der Waals surface area contributed by atoms with Gasteiger partial charge in [-0.15, -0.1) is 0 Å². The number of allylic oxidation sites excluding steroid dienone is 2. The Hall–Kier alpha value is -1.32. The monoisotopic (exact) mass is 350 g/mol. The minimum Gasteiger partial charge on any atom is -0.481 e. The molecule has 4 heteroatoms. The van der Waals surface area contributed by atoms with Gasteiger partial charge in [0.05, 0.1) is 10.8 Å². The Kier molecular flexibility index (Phi) is 4.91. The molecule has 2 aliphatic carbocycles. The Balaban J connectivity index is 2.97. The van der Waals surface area contributed by atoms with Gasteiger partial charge >= 0.3 is 11.9 Å². The smallest absolute Gasteiger partial charge is 0.311 e. The van der Waals surface area contributed by atoms with Gasteiger partial charge in [0.2, 0.25) is 0 Å². The zero-order valence-electron chi connectivity index (χ0n) is 16.9. The number of aliphatic carboxylic acids is 2. The van der Waals surface area contributed by atoms with Crippen LogP contribution < -0.4 is 0 Å². The van der Waals surface area contributed by atoms with Crippen LogP contribution in [0.4, 0.5) is 0 Å². The van der Waals surface area contributed by atoms with Crippen molar-refractivity contribution in [1.29, 1.82) is 0 Å². The molecule has 0 spiro atoms. The molecule has 4 atom stereocenters. The summed E-state index contributed by atoms with van der Waals surface area (Å²) in [5, 5.41) is 20.9. The molecule has 0 heterocycles. The van der Waals surface area contributed by atoms with Crippen LogP contribution in [0.15, 0.2) is 11.1 Å². The first-order chi connectivity index (χ1) is 11.4. The summed E-state index contributed by atoms with van der Waals surface area (Å²) in [4.78, 5) is 25.5. The summed E-state index contributed by atoms with van der Waals surface area (Å²) in [5.41, 5.74) is -0.0760. The molecule has 0 aromatic heterocycles. The number of hydrogen-bond donors (Lipinski definition) is 2. The van der Waals surface area contributed by atoms with Crippen LogP contribution in [0.25, 0.3) is 0 Å². The van der Waals surface area contributed by atoms with E-state index in [4.69, 9.17) is 0 Å². The van der Waals surface area contributed by atoms with E-state index in [9.17, 15) is 19.8 Å². The van der Waals surface area contributed by atoms with E-state index >= 15 is 0 Å².